The van der Waals surface area contributed by atoms with E-state index in [1.54, 1.807) is 0 Å². The molecule has 3 heterocycles. The van der Waals surface area contributed by atoms with Gasteiger partial charge < -0.3 is 19.9 Å². The van der Waals surface area contributed by atoms with E-state index in [-0.39, 0.29) is 18.0 Å². The van der Waals surface area contributed by atoms with Gasteiger partial charge in [0, 0.05) is 25.3 Å². The second-order valence-corrected chi connectivity index (χ2v) is 7.43. The molecule has 0 aromatic heterocycles. The Morgan fingerprint density at radius 1 is 1.25 bits per heavy atom. The lowest BCUT2D eigenvalue weighted by Gasteiger charge is -2.31. The average Bonchev–Trinajstić information content (AvgIpc) is 3.27. The SMILES string of the molecule is O=C(CC1=CSC2=NCCN12)Nc1cc(C(F)(F)F)ccc1N1CCOCC1. The first-order valence-electron chi connectivity index (χ1n) is 8.93. The monoisotopic (exact) mass is 412 g/mol. The first kappa shape index (κ1) is 19.1. The van der Waals surface area contributed by atoms with Crippen LogP contribution in [0.5, 0.6) is 0 Å². The predicted molar refractivity (Wildman–Crippen MR) is 102 cm³/mol. The van der Waals surface area contributed by atoms with Gasteiger partial charge in [-0.05, 0) is 23.6 Å². The molecule has 1 N–H and O–H groups in total. The van der Waals surface area contributed by atoms with Crippen LogP contribution in [-0.2, 0) is 15.7 Å². The third-order valence-corrected chi connectivity index (χ3v) is 5.69. The molecule has 3 aliphatic rings. The van der Waals surface area contributed by atoms with Crippen LogP contribution in [0.15, 0.2) is 34.3 Å². The summed E-state index contributed by atoms with van der Waals surface area (Å²) in [7, 11) is 0. The third kappa shape index (κ3) is 3.97. The Morgan fingerprint density at radius 3 is 2.79 bits per heavy atom. The molecular weight excluding hydrogens is 393 g/mol. The van der Waals surface area contributed by atoms with Crippen molar-refractivity contribution >= 4 is 34.2 Å². The van der Waals surface area contributed by atoms with Gasteiger partial charge in [0.1, 0.15) is 0 Å². The van der Waals surface area contributed by atoms with Crippen LogP contribution in [-0.4, -0.2) is 55.4 Å². The number of benzene rings is 1. The Kier molecular flexibility index (Phi) is 5.24. The Labute approximate surface area is 164 Å². The van der Waals surface area contributed by atoms with Crippen LogP contribution < -0.4 is 10.2 Å². The van der Waals surface area contributed by atoms with Crippen molar-refractivity contribution in [2.24, 2.45) is 4.99 Å². The van der Waals surface area contributed by atoms with Crippen molar-refractivity contribution in [2.45, 2.75) is 12.6 Å². The number of aliphatic imine (C=N–C) groups is 1. The number of thioether (sulfide) groups is 1. The number of hydrogen-bond donors (Lipinski definition) is 1. The van der Waals surface area contributed by atoms with Crippen LogP contribution in [0.1, 0.15) is 12.0 Å². The van der Waals surface area contributed by atoms with Crippen LogP contribution in [0.25, 0.3) is 0 Å². The molecule has 0 spiro atoms. The Bertz CT molecular complexity index is 835. The molecule has 10 heteroatoms. The minimum absolute atomic E-state index is 0.0881. The number of alkyl halides is 3. The number of ether oxygens (including phenoxy) is 1. The van der Waals surface area contributed by atoms with Crippen molar-refractivity contribution in [2.75, 3.05) is 49.6 Å². The summed E-state index contributed by atoms with van der Waals surface area (Å²) in [5, 5.41) is 5.43. The maximum atomic E-state index is 13.2. The summed E-state index contributed by atoms with van der Waals surface area (Å²) in [6, 6.07) is 3.46. The van der Waals surface area contributed by atoms with Gasteiger partial charge in [0.25, 0.3) is 0 Å². The van der Waals surface area contributed by atoms with Crippen molar-refractivity contribution in [3.63, 3.8) is 0 Å². The van der Waals surface area contributed by atoms with E-state index in [1.807, 2.05) is 15.2 Å². The largest absolute Gasteiger partial charge is 0.416 e. The second kappa shape index (κ2) is 7.67. The van der Waals surface area contributed by atoms with Crippen molar-refractivity contribution in [3.05, 3.63) is 34.9 Å². The van der Waals surface area contributed by atoms with Gasteiger partial charge in [-0.3, -0.25) is 9.79 Å². The topological polar surface area (TPSA) is 57.2 Å². The molecule has 3 aliphatic heterocycles. The molecule has 150 valence electrons. The number of hydrogen-bond acceptors (Lipinski definition) is 6. The quantitative estimate of drug-likeness (QED) is 0.824. The van der Waals surface area contributed by atoms with E-state index in [2.05, 4.69) is 10.3 Å². The number of rotatable bonds is 4. The fourth-order valence-electron chi connectivity index (χ4n) is 3.37. The number of carbonyl (C=O) groups excluding carboxylic acids is 1. The van der Waals surface area contributed by atoms with E-state index >= 15 is 0 Å². The first-order valence-corrected chi connectivity index (χ1v) is 9.81. The van der Waals surface area contributed by atoms with E-state index in [0.29, 0.717) is 38.5 Å². The molecule has 0 radical (unpaired) electrons. The molecule has 0 unspecified atom stereocenters. The molecule has 0 aliphatic carbocycles. The highest BCUT2D eigenvalue weighted by molar-refractivity contribution is 8.16. The minimum Gasteiger partial charge on any atom is -0.378 e. The summed E-state index contributed by atoms with van der Waals surface area (Å²) < 4.78 is 44.8. The van der Waals surface area contributed by atoms with Gasteiger partial charge in [-0.15, -0.1) is 0 Å². The summed E-state index contributed by atoms with van der Waals surface area (Å²) in [6.45, 7) is 3.53. The molecule has 1 fully saturated rings. The van der Waals surface area contributed by atoms with Gasteiger partial charge in [0.05, 0.1) is 43.1 Å². The maximum Gasteiger partial charge on any atom is 0.416 e. The number of amides is 1. The van der Waals surface area contributed by atoms with Crippen LogP contribution in [0, 0.1) is 0 Å². The molecule has 1 aromatic rings. The first-order chi connectivity index (χ1) is 13.4. The summed E-state index contributed by atoms with van der Waals surface area (Å²) in [5.74, 6) is -0.353. The maximum absolute atomic E-state index is 13.2. The summed E-state index contributed by atoms with van der Waals surface area (Å²) in [5.41, 5.74) is 0.772. The number of anilines is 2. The predicted octanol–water partition coefficient (Wildman–Crippen LogP) is 3.13. The third-order valence-electron chi connectivity index (χ3n) is 4.74. The standard InChI is InChI=1S/C18H19F3N4O2S/c19-18(20,21)12-1-2-15(24-5-7-27-8-6-24)14(9-12)23-16(26)10-13-11-28-17-22-3-4-25(13)17/h1-2,9,11H,3-8,10H2,(H,23,26). The lowest BCUT2D eigenvalue weighted by molar-refractivity contribution is -0.137. The lowest BCUT2D eigenvalue weighted by atomic mass is 10.1. The highest BCUT2D eigenvalue weighted by Crippen LogP contribution is 2.36. The zero-order chi connectivity index (χ0) is 19.7. The normalized spacial score (nSPS) is 19.4. The molecule has 0 saturated carbocycles. The number of fused-ring (bicyclic) bond motifs is 1. The van der Waals surface area contributed by atoms with Gasteiger partial charge in [0.15, 0.2) is 5.17 Å². The van der Waals surface area contributed by atoms with Gasteiger partial charge in [-0.25, -0.2) is 0 Å². The Morgan fingerprint density at radius 2 is 2.04 bits per heavy atom. The van der Waals surface area contributed by atoms with Gasteiger partial charge >= 0.3 is 6.18 Å². The van der Waals surface area contributed by atoms with Gasteiger partial charge in [-0.2, -0.15) is 13.2 Å². The van der Waals surface area contributed by atoms with Crippen LogP contribution in [0.4, 0.5) is 24.5 Å². The Balaban J connectivity index is 1.54. The zero-order valence-electron chi connectivity index (χ0n) is 15.0. The summed E-state index contributed by atoms with van der Waals surface area (Å²) in [6.07, 6.45) is -4.39. The van der Waals surface area contributed by atoms with E-state index in [9.17, 15) is 18.0 Å². The molecule has 6 nitrogen and oxygen atoms in total. The molecule has 1 amide bonds. The molecule has 0 atom stereocenters. The summed E-state index contributed by atoms with van der Waals surface area (Å²) >= 11 is 1.46. The lowest BCUT2D eigenvalue weighted by Crippen LogP contribution is -2.37. The van der Waals surface area contributed by atoms with Gasteiger partial charge in [-0.1, -0.05) is 11.8 Å². The second-order valence-electron chi connectivity index (χ2n) is 6.60. The summed E-state index contributed by atoms with van der Waals surface area (Å²) in [4.78, 5) is 20.8. The van der Waals surface area contributed by atoms with Crippen molar-refractivity contribution in [1.29, 1.82) is 0 Å². The highest BCUT2D eigenvalue weighted by atomic mass is 32.2. The highest BCUT2D eigenvalue weighted by Gasteiger charge is 2.32. The molecule has 1 aromatic carbocycles. The van der Waals surface area contributed by atoms with Crippen molar-refractivity contribution in [1.82, 2.24) is 4.90 Å². The van der Waals surface area contributed by atoms with E-state index in [4.69, 9.17) is 4.74 Å². The smallest absolute Gasteiger partial charge is 0.378 e. The van der Waals surface area contributed by atoms with Crippen molar-refractivity contribution < 1.29 is 22.7 Å². The average molecular weight is 412 g/mol. The van der Waals surface area contributed by atoms with Gasteiger partial charge in [0.2, 0.25) is 5.91 Å². The molecule has 1 saturated heterocycles. The Hall–Kier alpha value is -2.20. The number of carbonyl (C=O) groups is 1. The molecular formula is C18H19F3N4O2S. The van der Waals surface area contributed by atoms with Crippen molar-refractivity contribution in [3.8, 4) is 0 Å². The number of amidine groups is 1. The van der Waals surface area contributed by atoms with Crippen LogP contribution in [0.2, 0.25) is 0 Å². The number of nitrogens with one attached hydrogen (secondary N) is 1. The number of nitrogens with zero attached hydrogens (tertiary/aromatic N) is 3. The number of halogens is 3. The minimum atomic E-state index is -4.48. The van der Waals surface area contributed by atoms with E-state index in [0.717, 1.165) is 29.5 Å². The molecule has 4 rings (SSSR count). The molecule has 28 heavy (non-hydrogen) atoms. The fourth-order valence-corrected chi connectivity index (χ4v) is 4.32. The zero-order valence-corrected chi connectivity index (χ0v) is 15.8. The molecule has 0 bridgehead atoms. The van der Waals surface area contributed by atoms with Crippen LogP contribution in [0.3, 0.4) is 0 Å². The van der Waals surface area contributed by atoms with E-state index < -0.39 is 11.7 Å². The number of morpholine rings is 1. The van der Waals surface area contributed by atoms with Crippen LogP contribution >= 0.6 is 11.8 Å². The fraction of sp³-hybridized carbons (Fsp3) is 0.444. The van der Waals surface area contributed by atoms with E-state index in [1.165, 1.54) is 17.8 Å².